The molecule has 1 heterocycles. The maximum Gasteiger partial charge on any atom is 0.220 e. The van der Waals surface area contributed by atoms with E-state index in [4.69, 9.17) is 9.47 Å². The van der Waals surface area contributed by atoms with E-state index in [0.717, 1.165) is 11.1 Å². The number of carbonyl (C=O) groups excluding carboxylic acids is 1. The lowest BCUT2D eigenvalue weighted by atomic mass is 9.95. The molecule has 0 saturated carbocycles. The van der Waals surface area contributed by atoms with Crippen LogP contribution in [-0.2, 0) is 20.8 Å². The van der Waals surface area contributed by atoms with Crippen LogP contribution in [0.4, 0.5) is 0 Å². The van der Waals surface area contributed by atoms with E-state index in [-0.39, 0.29) is 5.91 Å². The maximum absolute atomic E-state index is 12.5. The molecule has 2 aromatic carbocycles. The minimum absolute atomic E-state index is 0.0915. The van der Waals surface area contributed by atoms with Gasteiger partial charge in [0.25, 0.3) is 0 Å². The number of ether oxygens (including phenoxy) is 2. The molecule has 0 spiro atoms. The van der Waals surface area contributed by atoms with Crippen molar-refractivity contribution in [1.29, 1.82) is 5.26 Å². The predicted molar refractivity (Wildman–Crippen MR) is 107 cm³/mol. The molecule has 5 heteroatoms. The molecule has 0 N–H and O–H groups in total. The van der Waals surface area contributed by atoms with E-state index in [0.29, 0.717) is 30.9 Å². The summed E-state index contributed by atoms with van der Waals surface area (Å²) in [4.78, 5) is 14.3. The molecule has 0 bridgehead atoms. The lowest BCUT2D eigenvalue weighted by Crippen LogP contribution is -2.45. The molecule has 0 fully saturated rings. The summed E-state index contributed by atoms with van der Waals surface area (Å²) in [7, 11) is 0. The van der Waals surface area contributed by atoms with E-state index in [1.807, 2.05) is 67.6 Å². The fourth-order valence-corrected chi connectivity index (χ4v) is 3.42. The fourth-order valence-electron chi connectivity index (χ4n) is 3.42. The molecular weight excluding hydrogens is 352 g/mol. The summed E-state index contributed by atoms with van der Waals surface area (Å²) in [6.45, 7) is 4.34. The second-order valence-corrected chi connectivity index (χ2v) is 6.61. The van der Waals surface area contributed by atoms with Gasteiger partial charge in [0.15, 0.2) is 0 Å². The van der Waals surface area contributed by atoms with Crippen LogP contribution in [0.15, 0.2) is 66.2 Å². The summed E-state index contributed by atoms with van der Waals surface area (Å²) in [5.41, 5.74) is 2.26. The monoisotopic (exact) mass is 376 g/mol. The number of benzene rings is 2. The van der Waals surface area contributed by atoms with Crippen LogP contribution in [0, 0.1) is 11.3 Å². The molecule has 0 unspecified atom stereocenters. The lowest BCUT2D eigenvalue weighted by molar-refractivity contribution is -0.138. The topological polar surface area (TPSA) is 62.6 Å². The van der Waals surface area contributed by atoms with E-state index >= 15 is 0 Å². The van der Waals surface area contributed by atoms with Gasteiger partial charge in [-0.2, -0.15) is 5.26 Å². The Labute approximate surface area is 165 Å². The first-order valence-electron chi connectivity index (χ1n) is 9.43. The molecule has 3 rings (SSSR count). The van der Waals surface area contributed by atoms with Crippen molar-refractivity contribution in [2.24, 2.45) is 0 Å². The first-order valence-corrected chi connectivity index (χ1v) is 9.43. The number of nitrogens with zero attached hydrogens (tertiary/aromatic N) is 2. The quantitative estimate of drug-likeness (QED) is 0.761. The van der Waals surface area contributed by atoms with Gasteiger partial charge < -0.3 is 14.4 Å². The molecule has 0 aliphatic carbocycles. The highest BCUT2D eigenvalue weighted by molar-refractivity contribution is 5.76. The van der Waals surface area contributed by atoms with Gasteiger partial charge in [-0.25, -0.2) is 0 Å². The largest absolute Gasteiger partial charge is 0.463 e. The number of rotatable bonds is 6. The SMILES string of the molecule is CCO[C@@H]1C[C@H](N(Cc2ccccc2)C(C)=O)C(C#N)=C(c2ccccc2)O1. The summed E-state index contributed by atoms with van der Waals surface area (Å²) in [6, 6.07) is 21.1. The van der Waals surface area contributed by atoms with Crippen molar-refractivity contribution >= 4 is 11.7 Å². The fraction of sp³-hybridized carbons (Fsp3) is 0.304. The molecule has 1 aliphatic rings. The highest BCUT2D eigenvalue weighted by Crippen LogP contribution is 2.34. The van der Waals surface area contributed by atoms with Gasteiger partial charge in [0.2, 0.25) is 12.2 Å². The van der Waals surface area contributed by atoms with Crippen LogP contribution in [0.25, 0.3) is 5.76 Å². The van der Waals surface area contributed by atoms with Crippen molar-refractivity contribution in [3.05, 3.63) is 77.4 Å². The molecule has 5 nitrogen and oxygen atoms in total. The van der Waals surface area contributed by atoms with Gasteiger partial charge in [0, 0.05) is 32.1 Å². The highest BCUT2D eigenvalue weighted by atomic mass is 16.7. The van der Waals surface area contributed by atoms with E-state index in [1.165, 1.54) is 6.92 Å². The summed E-state index contributed by atoms with van der Waals surface area (Å²) in [5, 5.41) is 9.94. The summed E-state index contributed by atoms with van der Waals surface area (Å²) < 4.78 is 11.8. The first kappa shape index (κ1) is 19.7. The summed E-state index contributed by atoms with van der Waals surface area (Å²) in [6.07, 6.45) is -0.0978. The number of hydrogen-bond acceptors (Lipinski definition) is 4. The Morgan fingerprint density at radius 3 is 2.39 bits per heavy atom. The van der Waals surface area contributed by atoms with Gasteiger partial charge >= 0.3 is 0 Å². The molecule has 0 saturated heterocycles. The van der Waals surface area contributed by atoms with Crippen molar-refractivity contribution in [2.75, 3.05) is 6.61 Å². The highest BCUT2D eigenvalue weighted by Gasteiger charge is 2.36. The molecule has 2 aromatic rings. The summed E-state index contributed by atoms with van der Waals surface area (Å²) in [5.74, 6) is 0.392. The van der Waals surface area contributed by atoms with Gasteiger partial charge in [-0.15, -0.1) is 0 Å². The molecule has 144 valence electrons. The Morgan fingerprint density at radius 2 is 1.82 bits per heavy atom. The van der Waals surface area contributed by atoms with Gasteiger partial charge in [-0.1, -0.05) is 60.7 Å². The molecule has 28 heavy (non-hydrogen) atoms. The van der Waals surface area contributed by atoms with E-state index in [2.05, 4.69) is 6.07 Å². The van der Waals surface area contributed by atoms with Crippen molar-refractivity contribution in [3.8, 4) is 6.07 Å². The molecule has 0 radical (unpaired) electrons. The first-order chi connectivity index (χ1) is 13.6. The Hall–Kier alpha value is -3.10. The molecular formula is C23H24N2O3. The number of carbonyl (C=O) groups is 1. The van der Waals surface area contributed by atoms with Crippen LogP contribution in [0.5, 0.6) is 0 Å². The van der Waals surface area contributed by atoms with Crippen LogP contribution in [0.1, 0.15) is 31.4 Å². The summed E-state index contributed by atoms with van der Waals surface area (Å²) >= 11 is 0. The average Bonchev–Trinajstić information content (AvgIpc) is 2.73. The van der Waals surface area contributed by atoms with Gasteiger partial charge in [0.05, 0.1) is 11.6 Å². The maximum atomic E-state index is 12.5. The zero-order valence-electron chi connectivity index (χ0n) is 16.2. The molecule has 0 aromatic heterocycles. The van der Waals surface area contributed by atoms with Crippen LogP contribution in [-0.4, -0.2) is 29.7 Å². The third-order valence-electron chi connectivity index (χ3n) is 4.73. The van der Waals surface area contributed by atoms with Crippen LogP contribution < -0.4 is 0 Å². The van der Waals surface area contributed by atoms with E-state index < -0.39 is 12.3 Å². The Bertz CT molecular complexity index is 872. The molecule has 2 atom stereocenters. The average molecular weight is 376 g/mol. The van der Waals surface area contributed by atoms with E-state index in [9.17, 15) is 10.1 Å². The van der Waals surface area contributed by atoms with Crippen molar-refractivity contribution in [1.82, 2.24) is 4.90 Å². The number of hydrogen-bond donors (Lipinski definition) is 0. The van der Waals surface area contributed by atoms with Crippen molar-refractivity contribution in [2.45, 2.75) is 39.1 Å². The smallest absolute Gasteiger partial charge is 0.220 e. The second kappa shape index (κ2) is 9.20. The standard InChI is InChI=1S/C23H24N2O3/c1-3-27-22-14-21(25(17(2)26)16-18-10-6-4-7-11-18)20(15-24)23(28-22)19-12-8-5-9-13-19/h4-13,21-22H,3,14,16H2,1-2H3/t21-,22-/m0/s1. The Morgan fingerprint density at radius 1 is 1.18 bits per heavy atom. The number of amides is 1. The van der Waals surface area contributed by atoms with Crippen molar-refractivity contribution in [3.63, 3.8) is 0 Å². The van der Waals surface area contributed by atoms with Gasteiger partial charge in [-0.3, -0.25) is 4.79 Å². The third-order valence-corrected chi connectivity index (χ3v) is 4.73. The van der Waals surface area contributed by atoms with Crippen molar-refractivity contribution < 1.29 is 14.3 Å². The predicted octanol–water partition coefficient (Wildman–Crippen LogP) is 4.12. The second-order valence-electron chi connectivity index (χ2n) is 6.61. The zero-order chi connectivity index (χ0) is 19.9. The minimum atomic E-state index is -0.514. The third kappa shape index (κ3) is 4.41. The van der Waals surface area contributed by atoms with Crippen LogP contribution >= 0.6 is 0 Å². The van der Waals surface area contributed by atoms with E-state index in [1.54, 1.807) is 4.90 Å². The van der Waals surface area contributed by atoms with Crippen LogP contribution in [0.3, 0.4) is 0 Å². The number of nitriles is 1. The zero-order valence-corrected chi connectivity index (χ0v) is 16.2. The lowest BCUT2D eigenvalue weighted by Gasteiger charge is -2.38. The molecule has 1 aliphatic heterocycles. The minimum Gasteiger partial charge on any atom is -0.463 e. The molecule has 1 amide bonds. The normalized spacial score (nSPS) is 18.9. The Kier molecular flexibility index (Phi) is 6.46. The van der Waals surface area contributed by atoms with Crippen LogP contribution in [0.2, 0.25) is 0 Å². The Balaban J connectivity index is 2.03. The van der Waals surface area contributed by atoms with Gasteiger partial charge in [0.1, 0.15) is 11.8 Å². The van der Waals surface area contributed by atoms with Gasteiger partial charge in [-0.05, 0) is 12.5 Å².